The summed E-state index contributed by atoms with van der Waals surface area (Å²) in [6, 6.07) is 6.36. The third-order valence-corrected chi connectivity index (χ3v) is 3.09. The van der Waals surface area contributed by atoms with Crippen molar-refractivity contribution in [3.63, 3.8) is 0 Å². The van der Waals surface area contributed by atoms with Gasteiger partial charge in [-0.3, -0.25) is 9.78 Å². The Labute approximate surface area is 137 Å². The summed E-state index contributed by atoms with van der Waals surface area (Å²) < 4.78 is 0. The number of nitrogens with zero attached hydrogens (tertiary/aromatic N) is 2. The number of anilines is 1. The highest BCUT2D eigenvalue weighted by Gasteiger charge is 2.03. The number of hydrogen-bond acceptors (Lipinski definition) is 3. The quantitative estimate of drug-likeness (QED) is 0.589. The molecule has 0 amide bonds. The SMILES string of the molecule is CCCc1cc(=O)[nH]c(N=C(N)Nc2cc(Cl)cc(Cl)c2)n1. The molecule has 6 nitrogen and oxygen atoms in total. The van der Waals surface area contributed by atoms with Crippen molar-refractivity contribution in [3.8, 4) is 0 Å². The molecule has 0 aliphatic carbocycles. The summed E-state index contributed by atoms with van der Waals surface area (Å²) in [7, 11) is 0. The van der Waals surface area contributed by atoms with Gasteiger partial charge in [-0.25, -0.2) is 4.98 Å². The number of aromatic nitrogens is 2. The van der Waals surface area contributed by atoms with Crippen molar-refractivity contribution in [3.05, 3.63) is 50.4 Å². The van der Waals surface area contributed by atoms with E-state index in [2.05, 4.69) is 20.3 Å². The zero-order valence-corrected chi connectivity index (χ0v) is 13.4. The number of rotatable bonds is 4. The van der Waals surface area contributed by atoms with E-state index >= 15 is 0 Å². The van der Waals surface area contributed by atoms with Gasteiger partial charge in [0, 0.05) is 27.5 Å². The number of H-pyrrole nitrogens is 1. The van der Waals surface area contributed by atoms with Gasteiger partial charge in [0.2, 0.25) is 11.9 Å². The first-order valence-corrected chi connectivity index (χ1v) is 7.39. The van der Waals surface area contributed by atoms with E-state index in [1.807, 2.05) is 6.92 Å². The third kappa shape index (κ3) is 4.75. The molecular weight excluding hydrogens is 325 g/mol. The van der Waals surface area contributed by atoms with E-state index in [4.69, 9.17) is 28.9 Å². The van der Waals surface area contributed by atoms with E-state index in [-0.39, 0.29) is 17.5 Å². The monoisotopic (exact) mass is 339 g/mol. The molecule has 8 heteroatoms. The Balaban J connectivity index is 2.23. The summed E-state index contributed by atoms with van der Waals surface area (Å²) in [6.45, 7) is 2.00. The number of aryl methyl sites for hydroxylation is 1. The molecule has 0 saturated carbocycles. The molecule has 0 radical (unpaired) electrons. The standard InChI is InChI=1S/C14H15Cl2N5O/c1-2-3-10-7-12(22)20-14(19-10)21-13(17)18-11-5-8(15)4-9(16)6-11/h4-7H,2-3H2,1H3,(H4,17,18,19,20,21,22). The maximum Gasteiger partial charge on any atom is 0.252 e. The Morgan fingerprint density at radius 2 is 2.00 bits per heavy atom. The van der Waals surface area contributed by atoms with E-state index in [1.165, 1.54) is 6.07 Å². The number of hydrogen-bond donors (Lipinski definition) is 3. The van der Waals surface area contributed by atoms with Crippen LogP contribution in [0.2, 0.25) is 10.0 Å². The molecule has 0 unspecified atom stereocenters. The molecule has 0 aliphatic heterocycles. The van der Waals surface area contributed by atoms with Gasteiger partial charge in [-0.2, -0.15) is 4.99 Å². The van der Waals surface area contributed by atoms with E-state index in [0.29, 0.717) is 27.8 Å². The molecule has 4 N–H and O–H groups in total. The number of aromatic amines is 1. The van der Waals surface area contributed by atoms with Crippen molar-refractivity contribution in [1.29, 1.82) is 0 Å². The zero-order chi connectivity index (χ0) is 16.1. The minimum atomic E-state index is -0.268. The fourth-order valence-corrected chi connectivity index (χ4v) is 2.37. The van der Waals surface area contributed by atoms with Crippen LogP contribution < -0.4 is 16.6 Å². The molecule has 0 aliphatic rings. The van der Waals surface area contributed by atoms with Crippen LogP contribution in [0.4, 0.5) is 11.6 Å². The van der Waals surface area contributed by atoms with E-state index < -0.39 is 0 Å². The zero-order valence-electron chi connectivity index (χ0n) is 11.9. The van der Waals surface area contributed by atoms with Crippen molar-refractivity contribution in [1.82, 2.24) is 9.97 Å². The second-order valence-corrected chi connectivity index (χ2v) is 5.46. The summed E-state index contributed by atoms with van der Waals surface area (Å²) in [5, 5.41) is 3.78. The molecule has 116 valence electrons. The lowest BCUT2D eigenvalue weighted by Gasteiger charge is -2.06. The molecule has 1 aromatic carbocycles. The van der Waals surface area contributed by atoms with E-state index in [0.717, 1.165) is 6.42 Å². The Hall–Kier alpha value is -2.05. The maximum absolute atomic E-state index is 11.6. The van der Waals surface area contributed by atoms with Gasteiger partial charge in [-0.1, -0.05) is 36.5 Å². The number of halogens is 2. The first-order valence-electron chi connectivity index (χ1n) is 6.64. The average molecular weight is 340 g/mol. The summed E-state index contributed by atoms with van der Waals surface area (Å²) in [5.74, 6) is 0.212. The van der Waals surface area contributed by atoms with E-state index in [1.54, 1.807) is 18.2 Å². The fraction of sp³-hybridized carbons (Fsp3) is 0.214. The molecule has 0 bridgehead atoms. The smallest absolute Gasteiger partial charge is 0.252 e. The second kappa shape index (κ2) is 7.29. The van der Waals surface area contributed by atoms with Gasteiger partial charge in [0.05, 0.1) is 0 Å². The highest BCUT2D eigenvalue weighted by molar-refractivity contribution is 6.35. The lowest BCUT2D eigenvalue weighted by Crippen LogP contribution is -2.22. The number of nitrogens with one attached hydrogen (secondary N) is 2. The van der Waals surface area contributed by atoms with Crippen LogP contribution in [0.3, 0.4) is 0 Å². The topological polar surface area (TPSA) is 96.2 Å². The molecule has 0 saturated heterocycles. The van der Waals surface area contributed by atoms with Crippen LogP contribution in [0.1, 0.15) is 19.0 Å². The molecule has 1 aromatic heterocycles. The first kappa shape index (κ1) is 16.3. The molecule has 0 fully saturated rings. The Morgan fingerprint density at radius 3 is 2.64 bits per heavy atom. The van der Waals surface area contributed by atoms with Gasteiger partial charge >= 0.3 is 0 Å². The lowest BCUT2D eigenvalue weighted by atomic mass is 10.2. The van der Waals surface area contributed by atoms with Crippen molar-refractivity contribution < 1.29 is 0 Å². The Kier molecular flexibility index (Phi) is 5.41. The van der Waals surface area contributed by atoms with Gasteiger partial charge < -0.3 is 11.1 Å². The first-order chi connectivity index (χ1) is 10.5. The average Bonchev–Trinajstić information content (AvgIpc) is 2.36. The molecule has 0 spiro atoms. The number of aliphatic imine (C=N–C) groups is 1. The maximum atomic E-state index is 11.6. The second-order valence-electron chi connectivity index (χ2n) is 4.59. The normalized spacial score (nSPS) is 11.5. The van der Waals surface area contributed by atoms with Gasteiger partial charge in [0.25, 0.3) is 5.56 Å². The summed E-state index contributed by atoms with van der Waals surface area (Å²) in [4.78, 5) is 22.3. The summed E-state index contributed by atoms with van der Waals surface area (Å²) in [5.41, 5.74) is 6.79. The van der Waals surface area contributed by atoms with Gasteiger partial charge in [0.15, 0.2) is 0 Å². The molecule has 2 rings (SSSR count). The predicted molar refractivity (Wildman–Crippen MR) is 90.2 cm³/mol. The minimum absolute atomic E-state index is 0.0649. The molecule has 1 heterocycles. The van der Waals surface area contributed by atoms with Crippen LogP contribution in [0.25, 0.3) is 0 Å². The number of guanidine groups is 1. The van der Waals surface area contributed by atoms with E-state index in [9.17, 15) is 4.79 Å². The highest BCUT2D eigenvalue weighted by atomic mass is 35.5. The highest BCUT2D eigenvalue weighted by Crippen LogP contribution is 2.22. The molecule has 0 atom stereocenters. The van der Waals surface area contributed by atoms with Crippen molar-refractivity contribution in [2.24, 2.45) is 10.7 Å². The van der Waals surface area contributed by atoms with Crippen LogP contribution in [0.15, 0.2) is 34.1 Å². The fourth-order valence-electron chi connectivity index (χ4n) is 1.85. The minimum Gasteiger partial charge on any atom is -0.369 e. The van der Waals surface area contributed by atoms with Gasteiger partial charge in [-0.05, 0) is 24.6 Å². The van der Waals surface area contributed by atoms with Crippen LogP contribution in [-0.4, -0.2) is 15.9 Å². The molecule has 2 aromatic rings. The third-order valence-electron chi connectivity index (χ3n) is 2.65. The number of nitrogens with two attached hydrogens (primary N) is 1. The predicted octanol–water partition coefficient (Wildman–Crippen LogP) is 3.09. The van der Waals surface area contributed by atoms with Crippen molar-refractivity contribution in [2.75, 3.05) is 5.32 Å². The lowest BCUT2D eigenvalue weighted by molar-refractivity contribution is 0.866. The Bertz CT molecular complexity index is 737. The van der Waals surface area contributed by atoms with Crippen LogP contribution in [0, 0.1) is 0 Å². The molecular formula is C14H15Cl2N5O. The molecule has 22 heavy (non-hydrogen) atoms. The Morgan fingerprint density at radius 1 is 1.32 bits per heavy atom. The van der Waals surface area contributed by atoms with Gasteiger partial charge in [-0.15, -0.1) is 0 Å². The largest absolute Gasteiger partial charge is 0.369 e. The van der Waals surface area contributed by atoms with Crippen LogP contribution >= 0.6 is 23.2 Å². The van der Waals surface area contributed by atoms with Crippen LogP contribution in [-0.2, 0) is 6.42 Å². The summed E-state index contributed by atoms with van der Waals surface area (Å²) >= 11 is 11.8. The van der Waals surface area contributed by atoms with Crippen molar-refractivity contribution in [2.45, 2.75) is 19.8 Å². The van der Waals surface area contributed by atoms with Crippen molar-refractivity contribution >= 4 is 40.8 Å². The number of benzene rings is 1. The van der Waals surface area contributed by atoms with Crippen LogP contribution in [0.5, 0.6) is 0 Å². The summed E-state index contributed by atoms with van der Waals surface area (Å²) in [6.07, 6.45) is 1.58. The van der Waals surface area contributed by atoms with Gasteiger partial charge in [0.1, 0.15) is 0 Å².